The van der Waals surface area contributed by atoms with Crippen molar-refractivity contribution in [2.75, 3.05) is 31.5 Å². The van der Waals surface area contributed by atoms with Crippen molar-refractivity contribution in [1.29, 1.82) is 0 Å². The maximum absolute atomic E-state index is 6.26. The molecule has 1 saturated heterocycles. The molecule has 3 atom stereocenters. The quantitative estimate of drug-likeness (QED) is 0.814. The summed E-state index contributed by atoms with van der Waals surface area (Å²) >= 11 is 6.26. The van der Waals surface area contributed by atoms with Gasteiger partial charge in [-0.25, -0.2) is 0 Å². The zero-order valence-corrected chi connectivity index (χ0v) is 14.4. The predicted octanol–water partition coefficient (Wildman–Crippen LogP) is 4.31. The molecule has 0 aromatic heterocycles. The topological polar surface area (TPSA) is 15.3 Å². The summed E-state index contributed by atoms with van der Waals surface area (Å²) in [5.74, 6) is 2.69. The number of rotatable bonds is 2. The molecule has 2 heterocycles. The molecule has 0 radical (unpaired) electrons. The van der Waals surface area contributed by atoms with Gasteiger partial charge in [-0.15, -0.1) is 0 Å². The fourth-order valence-corrected chi connectivity index (χ4v) is 5.69. The third-order valence-electron chi connectivity index (χ3n) is 6.89. The number of likely N-dealkylation sites (tertiary alicyclic amines) is 1. The van der Waals surface area contributed by atoms with Gasteiger partial charge in [0, 0.05) is 29.2 Å². The first kappa shape index (κ1) is 14.4. The first-order chi connectivity index (χ1) is 11.2. The van der Waals surface area contributed by atoms with Crippen molar-refractivity contribution in [3.63, 3.8) is 0 Å². The van der Waals surface area contributed by atoms with Gasteiger partial charge in [0.2, 0.25) is 0 Å². The molecule has 3 unspecified atom stereocenters. The van der Waals surface area contributed by atoms with Crippen LogP contribution in [0.1, 0.15) is 31.2 Å². The number of hydrogen-bond acceptors (Lipinski definition) is 2. The van der Waals surface area contributed by atoms with Gasteiger partial charge in [0.15, 0.2) is 0 Å². The molecule has 4 aliphatic rings. The highest BCUT2D eigenvalue weighted by Crippen LogP contribution is 2.47. The van der Waals surface area contributed by atoms with Gasteiger partial charge in [0.1, 0.15) is 0 Å². The lowest BCUT2D eigenvalue weighted by Crippen LogP contribution is -2.45. The van der Waals surface area contributed by atoms with Gasteiger partial charge in [-0.05, 0) is 80.3 Å². The van der Waals surface area contributed by atoms with Gasteiger partial charge < -0.3 is 10.2 Å². The van der Waals surface area contributed by atoms with Crippen LogP contribution in [0.15, 0.2) is 30.4 Å². The molecule has 1 N–H and O–H groups in total. The van der Waals surface area contributed by atoms with E-state index in [0.717, 1.165) is 29.3 Å². The SMILES string of the molecule is Clc1ccc2c(c1)C1(CCN(CC3CC4C=CC3C4)CC1)CN2. The number of nitrogens with one attached hydrogen (secondary N) is 1. The molecule has 0 amide bonds. The van der Waals surface area contributed by atoms with Crippen molar-refractivity contribution in [1.82, 2.24) is 4.90 Å². The van der Waals surface area contributed by atoms with E-state index in [1.807, 2.05) is 6.07 Å². The molecule has 1 spiro atoms. The molecule has 2 aliphatic carbocycles. The average Bonchev–Trinajstić information content (AvgIpc) is 3.25. The molecule has 1 aromatic rings. The lowest BCUT2D eigenvalue weighted by atomic mass is 9.74. The fourth-order valence-electron chi connectivity index (χ4n) is 5.51. The average molecular weight is 329 g/mol. The lowest BCUT2D eigenvalue weighted by molar-refractivity contribution is 0.140. The fraction of sp³-hybridized carbons (Fsp3) is 0.600. The van der Waals surface area contributed by atoms with E-state index in [-0.39, 0.29) is 0 Å². The highest BCUT2D eigenvalue weighted by atomic mass is 35.5. The van der Waals surface area contributed by atoms with Crippen molar-refractivity contribution in [2.45, 2.75) is 31.1 Å². The van der Waals surface area contributed by atoms with Crippen LogP contribution in [0, 0.1) is 17.8 Å². The smallest absolute Gasteiger partial charge is 0.0410 e. The van der Waals surface area contributed by atoms with Gasteiger partial charge >= 0.3 is 0 Å². The molecule has 1 saturated carbocycles. The third-order valence-corrected chi connectivity index (χ3v) is 7.13. The monoisotopic (exact) mass is 328 g/mol. The van der Waals surface area contributed by atoms with E-state index in [9.17, 15) is 0 Å². The first-order valence-corrected chi connectivity index (χ1v) is 9.54. The summed E-state index contributed by atoms with van der Waals surface area (Å²) in [5, 5.41) is 4.49. The van der Waals surface area contributed by atoms with Crippen molar-refractivity contribution in [2.24, 2.45) is 17.8 Å². The highest BCUT2D eigenvalue weighted by Gasteiger charge is 2.43. The molecule has 2 aliphatic heterocycles. The molecular formula is C20H25ClN2. The molecule has 2 bridgehead atoms. The molecule has 122 valence electrons. The zero-order chi connectivity index (χ0) is 15.4. The summed E-state index contributed by atoms with van der Waals surface area (Å²) < 4.78 is 0. The van der Waals surface area contributed by atoms with Crippen LogP contribution < -0.4 is 5.32 Å². The number of hydrogen-bond donors (Lipinski definition) is 1. The van der Waals surface area contributed by atoms with Crippen LogP contribution in [0.5, 0.6) is 0 Å². The minimum absolute atomic E-state index is 0.325. The van der Waals surface area contributed by atoms with E-state index in [4.69, 9.17) is 11.6 Å². The maximum atomic E-state index is 6.26. The summed E-state index contributed by atoms with van der Waals surface area (Å²) in [6.07, 6.45) is 10.3. The van der Waals surface area contributed by atoms with E-state index in [0.29, 0.717) is 5.41 Å². The second kappa shape index (κ2) is 5.26. The Balaban J connectivity index is 1.27. The Morgan fingerprint density at radius 2 is 2.04 bits per heavy atom. The molecule has 3 heteroatoms. The largest absolute Gasteiger partial charge is 0.384 e. The van der Waals surface area contributed by atoms with Gasteiger partial charge in [-0.2, -0.15) is 0 Å². The Morgan fingerprint density at radius 3 is 2.78 bits per heavy atom. The third kappa shape index (κ3) is 2.34. The Morgan fingerprint density at radius 1 is 1.17 bits per heavy atom. The van der Waals surface area contributed by atoms with Crippen molar-refractivity contribution in [3.8, 4) is 0 Å². The highest BCUT2D eigenvalue weighted by molar-refractivity contribution is 6.30. The van der Waals surface area contributed by atoms with Crippen molar-refractivity contribution < 1.29 is 0 Å². The molecule has 1 aromatic carbocycles. The van der Waals surface area contributed by atoms with E-state index in [1.165, 1.54) is 56.6 Å². The molecule has 23 heavy (non-hydrogen) atoms. The van der Waals surface area contributed by atoms with Crippen LogP contribution in [0.2, 0.25) is 5.02 Å². The summed E-state index contributed by atoms with van der Waals surface area (Å²) in [5.41, 5.74) is 3.10. The molecule has 2 nitrogen and oxygen atoms in total. The summed E-state index contributed by atoms with van der Waals surface area (Å²) in [6, 6.07) is 6.36. The van der Waals surface area contributed by atoms with Crippen LogP contribution in [0.4, 0.5) is 5.69 Å². The van der Waals surface area contributed by atoms with Gasteiger partial charge in [0.25, 0.3) is 0 Å². The van der Waals surface area contributed by atoms with Crippen molar-refractivity contribution >= 4 is 17.3 Å². The van der Waals surface area contributed by atoms with Crippen LogP contribution in [-0.4, -0.2) is 31.1 Å². The van der Waals surface area contributed by atoms with Crippen LogP contribution in [0.3, 0.4) is 0 Å². The van der Waals surface area contributed by atoms with E-state index >= 15 is 0 Å². The van der Waals surface area contributed by atoms with E-state index in [2.05, 4.69) is 34.5 Å². The standard InChI is InChI=1S/C20H25ClN2/c21-17-3-4-19-18(11-17)20(13-22-19)5-7-23(8-6-20)12-16-10-14-1-2-15(16)9-14/h1-4,11,14-16,22H,5-10,12-13H2. The summed E-state index contributed by atoms with van der Waals surface area (Å²) in [7, 11) is 0. The Bertz CT molecular complexity index is 645. The van der Waals surface area contributed by atoms with Crippen LogP contribution >= 0.6 is 11.6 Å². The number of halogens is 1. The number of piperidine rings is 1. The Labute approximate surface area is 143 Å². The summed E-state index contributed by atoms with van der Waals surface area (Å²) in [6.45, 7) is 4.89. The first-order valence-electron chi connectivity index (χ1n) is 9.16. The predicted molar refractivity (Wildman–Crippen MR) is 96.1 cm³/mol. The molecular weight excluding hydrogens is 304 g/mol. The minimum atomic E-state index is 0.325. The Hall–Kier alpha value is -0.990. The zero-order valence-electron chi connectivity index (χ0n) is 13.6. The number of allylic oxidation sites excluding steroid dienone is 2. The molecule has 2 fully saturated rings. The minimum Gasteiger partial charge on any atom is -0.384 e. The van der Waals surface area contributed by atoms with E-state index < -0.39 is 0 Å². The normalized spacial score (nSPS) is 34.0. The number of fused-ring (bicyclic) bond motifs is 4. The number of anilines is 1. The lowest BCUT2D eigenvalue weighted by Gasteiger charge is -2.41. The van der Waals surface area contributed by atoms with Gasteiger partial charge in [0.05, 0.1) is 0 Å². The van der Waals surface area contributed by atoms with Gasteiger partial charge in [-0.3, -0.25) is 0 Å². The number of nitrogens with zero attached hydrogens (tertiary/aromatic N) is 1. The second-order valence-electron chi connectivity index (χ2n) is 8.16. The van der Waals surface area contributed by atoms with Crippen LogP contribution in [-0.2, 0) is 5.41 Å². The van der Waals surface area contributed by atoms with Crippen LogP contribution in [0.25, 0.3) is 0 Å². The van der Waals surface area contributed by atoms with Crippen molar-refractivity contribution in [3.05, 3.63) is 40.9 Å². The van der Waals surface area contributed by atoms with Gasteiger partial charge in [-0.1, -0.05) is 23.8 Å². The maximum Gasteiger partial charge on any atom is 0.0410 e. The summed E-state index contributed by atoms with van der Waals surface area (Å²) in [4.78, 5) is 2.73. The van der Waals surface area contributed by atoms with E-state index in [1.54, 1.807) is 0 Å². The Kier molecular flexibility index (Phi) is 3.28. The molecule has 5 rings (SSSR count). The number of benzene rings is 1. The second-order valence-corrected chi connectivity index (χ2v) is 8.60.